The summed E-state index contributed by atoms with van der Waals surface area (Å²) < 4.78 is 27.3. The second kappa shape index (κ2) is 5.76. The molecule has 1 unspecified atom stereocenters. The summed E-state index contributed by atoms with van der Waals surface area (Å²) in [5.41, 5.74) is 0. The van der Waals surface area contributed by atoms with Crippen molar-refractivity contribution in [3.05, 3.63) is 4.60 Å². The molecule has 0 aliphatic carbocycles. The minimum absolute atomic E-state index is 0.0841. The first-order valence-electron chi connectivity index (χ1n) is 5.07. The highest BCUT2D eigenvalue weighted by atomic mass is 79.9. The average molecular weight is 341 g/mol. The maximum absolute atomic E-state index is 11.9. The molecule has 0 saturated carbocycles. The number of carboxylic acid groups (broad SMARTS) is 1. The number of hydrogen-bond donors (Lipinski definition) is 2. The number of halogens is 1. The molecule has 1 rings (SSSR count). The van der Waals surface area contributed by atoms with Gasteiger partial charge in [0.15, 0.2) is 4.60 Å². The maximum Gasteiger partial charge on any atom is 0.307 e. The third kappa shape index (κ3) is 3.27. The first-order valence-corrected chi connectivity index (χ1v) is 7.34. The number of rotatable bonds is 6. The molecule has 10 heteroatoms. The van der Waals surface area contributed by atoms with Gasteiger partial charge in [-0.05, 0) is 22.4 Å². The van der Waals surface area contributed by atoms with Crippen LogP contribution in [0, 0.1) is 5.92 Å². The van der Waals surface area contributed by atoms with Crippen LogP contribution >= 0.6 is 15.9 Å². The standard InChI is InChI=1S/C8H13BrN4O4S/c1-3-5(8(14)15)4-10-18(16,17)7-6(9)11-12-13(7)2/h5,10H,3-4H2,1-2H3,(H,14,15). The number of carbonyl (C=O) groups is 1. The van der Waals surface area contributed by atoms with Crippen LogP contribution in [0.4, 0.5) is 0 Å². The minimum Gasteiger partial charge on any atom is -0.481 e. The molecule has 1 aromatic rings. The largest absolute Gasteiger partial charge is 0.481 e. The molecule has 18 heavy (non-hydrogen) atoms. The predicted molar refractivity (Wildman–Crippen MR) is 65.3 cm³/mol. The molecule has 0 fully saturated rings. The number of sulfonamides is 1. The third-order valence-corrected chi connectivity index (χ3v) is 4.66. The SMILES string of the molecule is CCC(CNS(=O)(=O)c1c(Br)nnn1C)C(=O)O. The first kappa shape index (κ1) is 15.1. The van der Waals surface area contributed by atoms with Crippen LogP contribution in [0.1, 0.15) is 13.3 Å². The summed E-state index contributed by atoms with van der Waals surface area (Å²) >= 11 is 2.98. The van der Waals surface area contributed by atoms with Crippen LogP contribution in [0.5, 0.6) is 0 Å². The van der Waals surface area contributed by atoms with E-state index in [0.29, 0.717) is 6.42 Å². The molecule has 0 aliphatic heterocycles. The molecule has 0 saturated heterocycles. The van der Waals surface area contributed by atoms with Crippen LogP contribution in [-0.2, 0) is 21.9 Å². The van der Waals surface area contributed by atoms with Crippen LogP contribution in [0.3, 0.4) is 0 Å². The van der Waals surface area contributed by atoms with Gasteiger partial charge in [-0.25, -0.2) is 17.8 Å². The van der Waals surface area contributed by atoms with Crippen molar-refractivity contribution in [1.82, 2.24) is 19.7 Å². The smallest absolute Gasteiger partial charge is 0.307 e. The van der Waals surface area contributed by atoms with E-state index in [2.05, 4.69) is 31.0 Å². The van der Waals surface area contributed by atoms with Crippen molar-refractivity contribution in [2.45, 2.75) is 18.4 Å². The normalized spacial score (nSPS) is 13.5. The van der Waals surface area contributed by atoms with Gasteiger partial charge in [0.25, 0.3) is 10.0 Å². The molecule has 8 nitrogen and oxygen atoms in total. The fraction of sp³-hybridized carbons (Fsp3) is 0.625. The second-order valence-corrected chi connectivity index (χ2v) is 6.04. The first-order chi connectivity index (χ1) is 8.29. The highest BCUT2D eigenvalue weighted by molar-refractivity contribution is 9.10. The van der Waals surface area contributed by atoms with Crippen molar-refractivity contribution in [2.75, 3.05) is 6.54 Å². The molecule has 0 aliphatic rings. The van der Waals surface area contributed by atoms with Crippen molar-refractivity contribution in [2.24, 2.45) is 13.0 Å². The minimum atomic E-state index is -3.84. The molecule has 0 aromatic carbocycles. The summed E-state index contributed by atoms with van der Waals surface area (Å²) in [6, 6.07) is 0. The number of aryl methyl sites for hydroxylation is 1. The zero-order valence-corrected chi connectivity index (χ0v) is 12.2. The van der Waals surface area contributed by atoms with Crippen molar-refractivity contribution in [3.63, 3.8) is 0 Å². The quantitative estimate of drug-likeness (QED) is 0.751. The molecule has 2 N–H and O–H groups in total. The number of nitrogens with zero attached hydrogens (tertiary/aromatic N) is 3. The highest BCUT2D eigenvalue weighted by Crippen LogP contribution is 2.17. The Morgan fingerprint density at radius 3 is 2.61 bits per heavy atom. The van der Waals surface area contributed by atoms with Gasteiger partial charge in [-0.3, -0.25) is 4.79 Å². The van der Waals surface area contributed by atoms with Crippen LogP contribution in [0.15, 0.2) is 9.63 Å². The van der Waals surface area contributed by atoms with Crippen LogP contribution in [0.25, 0.3) is 0 Å². The summed E-state index contributed by atoms with van der Waals surface area (Å²) in [4.78, 5) is 10.8. The lowest BCUT2D eigenvalue weighted by atomic mass is 10.1. The van der Waals surface area contributed by atoms with E-state index in [0.717, 1.165) is 4.68 Å². The fourth-order valence-electron chi connectivity index (χ4n) is 1.29. The van der Waals surface area contributed by atoms with Gasteiger partial charge in [0.1, 0.15) is 0 Å². The molecule has 0 amide bonds. The van der Waals surface area contributed by atoms with Gasteiger partial charge < -0.3 is 5.11 Å². The molecule has 1 aromatic heterocycles. The molecule has 1 heterocycles. The van der Waals surface area contributed by atoms with Gasteiger partial charge >= 0.3 is 5.97 Å². The van der Waals surface area contributed by atoms with E-state index in [9.17, 15) is 13.2 Å². The highest BCUT2D eigenvalue weighted by Gasteiger charge is 2.26. The molecule has 102 valence electrons. The third-order valence-electron chi connectivity index (χ3n) is 2.35. The molecule has 1 atom stereocenters. The number of nitrogens with one attached hydrogen (secondary N) is 1. The summed E-state index contributed by atoms with van der Waals surface area (Å²) in [6.07, 6.45) is 0.336. The van der Waals surface area contributed by atoms with E-state index in [1.54, 1.807) is 6.92 Å². The summed E-state index contributed by atoms with van der Waals surface area (Å²) in [5, 5.41) is 15.8. The zero-order chi connectivity index (χ0) is 13.9. The van der Waals surface area contributed by atoms with Crippen molar-refractivity contribution < 1.29 is 18.3 Å². The van der Waals surface area contributed by atoms with E-state index in [-0.39, 0.29) is 16.2 Å². The number of carboxylic acids is 1. The van der Waals surface area contributed by atoms with Crippen LogP contribution in [0.2, 0.25) is 0 Å². The Hall–Kier alpha value is -1.00. The Labute approximate surface area is 113 Å². The summed E-state index contributed by atoms with van der Waals surface area (Å²) in [7, 11) is -2.41. The number of aliphatic carboxylic acids is 1. The van der Waals surface area contributed by atoms with Gasteiger partial charge in [-0.2, -0.15) is 0 Å². The van der Waals surface area contributed by atoms with Gasteiger partial charge in [0, 0.05) is 13.6 Å². The Morgan fingerprint density at radius 2 is 2.22 bits per heavy atom. The lowest BCUT2D eigenvalue weighted by molar-refractivity contribution is -0.141. The molecular formula is C8H13BrN4O4S. The lowest BCUT2D eigenvalue weighted by Gasteiger charge is -2.11. The molecule has 0 spiro atoms. The van der Waals surface area contributed by atoms with E-state index in [4.69, 9.17) is 5.11 Å². The summed E-state index contributed by atoms with van der Waals surface area (Å²) in [6.45, 7) is 1.50. The topological polar surface area (TPSA) is 114 Å². The monoisotopic (exact) mass is 340 g/mol. The molecular weight excluding hydrogens is 328 g/mol. The van der Waals surface area contributed by atoms with Crippen molar-refractivity contribution in [1.29, 1.82) is 0 Å². The number of hydrogen-bond acceptors (Lipinski definition) is 5. The van der Waals surface area contributed by atoms with E-state index >= 15 is 0 Å². The van der Waals surface area contributed by atoms with Gasteiger partial charge in [0.2, 0.25) is 5.03 Å². The van der Waals surface area contributed by atoms with E-state index in [1.807, 2.05) is 0 Å². The summed E-state index contributed by atoms with van der Waals surface area (Å²) in [5.74, 6) is -1.80. The molecule has 0 bridgehead atoms. The number of aromatic nitrogens is 3. The lowest BCUT2D eigenvalue weighted by Crippen LogP contribution is -2.33. The van der Waals surface area contributed by atoms with Gasteiger partial charge in [-0.15, -0.1) is 5.10 Å². The van der Waals surface area contributed by atoms with Crippen molar-refractivity contribution >= 4 is 31.9 Å². The Balaban J connectivity index is 2.87. The van der Waals surface area contributed by atoms with Crippen LogP contribution in [-0.4, -0.2) is 41.0 Å². The predicted octanol–water partition coefficient (Wildman–Crippen LogP) is -0.0333. The van der Waals surface area contributed by atoms with Crippen LogP contribution < -0.4 is 4.72 Å². The van der Waals surface area contributed by atoms with E-state index < -0.39 is 21.9 Å². The van der Waals surface area contributed by atoms with Gasteiger partial charge in [0.05, 0.1) is 5.92 Å². The average Bonchev–Trinajstić information content (AvgIpc) is 2.59. The molecule has 0 radical (unpaired) electrons. The second-order valence-electron chi connectivity index (χ2n) is 3.60. The van der Waals surface area contributed by atoms with Gasteiger partial charge in [-0.1, -0.05) is 12.1 Å². The zero-order valence-electron chi connectivity index (χ0n) is 9.79. The fourth-order valence-corrected chi connectivity index (χ4v) is 3.46. The Bertz CT molecular complexity index is 522. The maximum atomic E-state index is 11.9. The van der Waals surface area contributed by atoms with E-state index in [1.165, 1.54) is 7.05 Å². The Morgan fingerprint density at radius 1 is 1.61 bits per heavy atom. The van der Waals surface area contributed by atoms with Crippen molar-refractivity contribution in [3.8, 4) is 0 Å². The Kier molecular flexibility index (Phi) is 4.82.